The van der Waals surface area contributed by atoms with E-state index in [1.807, 2.05) is 6.07 Å². The molecule has 1 aromatic carbocycles. The maximum atomic E-state index is 9.78. The minimum Gasteiger partial charge on any atom is -0.508 e. The van der Waals surface area contributed by atoms with Gasteiger partial charge in [0, 0.05) is 11.6 Å². The molecule has 0 bridgehead atoms. The molecule has 0 saturated carbocycles. The third-order valence-corrected chi connectivity index (χ3v) is 3.69. The first-order valence-electron chi connectivity index (χ1n) is 6.12. The van der Waals surface area contributed by atoms with Crippen LogP contribution in [0.3, 0.4) is 0 Å². The van der Waals surface area contributed by atoms with Crippen molar-refractivity contribution in [1.82, 2.24) is 5.32 Å². The Morgan fingerprint density at radius 3 is 2.88 bits per heavy atom. The Bertz CT molecular complexity index is 384. The molecular formula is C14H21NO. The van der Waals surface area contributed by atoms with E-state index in [2.05, 4.69) is 32.2 Å². The maximum Gasteiger partial charge on any atom is 0.119 e. The van der Waals surface area contributed by atoms with Crippen molar-refractivity contribution in [3.63, 3.8) is 0 Å². The average Bonchev–Trinajstić information content (AvgIpc) is 2.63. The van der Waals surface area contributed by atoms with Gasteiger partial charge in [-0.25, -0.2) is 0 Å². The number of benzene rings is 1. The fraction of sp³-hybridized carbons (Fsp3) is 0.571. The average molecular weight is 219 g/mol. The first-order chi connectivity index (χ1) is 7.53. The van der Waals surface area contributed by atoms with E-state index in [1.54, 1.807) is 6.07 Å². The molecular weight excluding hydrogens is 198 g/mol. The molecule has 0 spiro atoms. The second-order valence-corrected chi connectivity index (χ2v) is 5.32. The number of nitrogens with one attached hydrogen (secondary N) is 1. The highest BCUT2D eigenvalue weighted by Gasteiger charge is 2.28. The molecule has 2 nitrogen and oxygen atoms in total. The van der Waals surface area contributed by atoms with Crippen LogP contribution in [0.25, 0.3) is 0 Å². The Kier molecular flexibility index (Phi) is 2.94. The minimum absolute atomic E-state index is 0.164. The molecule has 0 saturated heterocycles. The van der Waals surface area contributed by atoms with Crippen LogP contribution in [0.2, 0.25) is 0 Å². The lowest BCUT2D eigenvalue weighted by Gasteiger charge is -2.29. The van der Waals surface area contributed by atoms with Crippen LogP contribution in [0, 0.1) is 0 Å². The van der Waals surface area contributed by atoms with Crippen LogP contribution in [0.4, 0.5) is 0 Å². The van der Waals surface area contributed by atoms with Crippen molar-refractivity contribution in [1.29, 1.82) is 0 Å². The Morgan fingerprint density at radius 1 is 1.44 bits per heavy atom. The molecule has 1 aliphatic rings. The predicted octanol–water partition coefficient (Wildman–Crippen LogP) is 3.16. The van der Waals surface area contributed by atoms with Gasteiger partial charge in [-0.1, -0.05) is 19.1 Å². The van der Waals surface area contributed by atoms with Gasteiger partial charge in [0.15, 0.2) is 0 Å². The first kappa shape index (κ1) is 11.5. The third-order valence-electron chi connectivity index (χ3n) is 3.69. The summed E-state index contributed by atoms with van der Waals surface area (Å²) in [7, 11) is 0. The number of fused-ring (bicyclic) bond motifs is 1. The SMILES string of the molecule is CCC(C)(C)NC1CCc2c(O)cccc21. The Balaban J connectivity index is 2.21. The summed E-state index contributed by atoms with van der Waals surface area (Å²) in [5, 5.41) is 13.5. The molecule has 0 fully saturated rings. The second-order valence-electron chi connectivity index (χ2n) is 5.32. The molecule has 0 heterocycles. The quantitative estimate of drug-likeness (QED) is 0.818. The van der Waals surface area contributed by atoms with Crippen LogP contribution in [-0.4, -0.2) is 10.6 Å². The monoisotopic (exact) mass is 219 g/mol. The lowest BCUT2D eigenvalue weighted by molar-refractivity contribution is 0.325. The molecule has 16 heavy (non-hydrogen) atoms. The van der Waals surface area contributed by atoms with Gasteiger partial charge in [-0.05, 0) is 50.3 Å². The number of hydrogen-bond donors (Lipinski definition) is 2. The zero-order valence-electron chi connectivity index (χ0n) is 10.4. The summed E-state index contributed by atoms with van der Waals surface area (Å²) in [4.78, 5) is 0. The lowest BCUT2D eigenvalue weighted by Crippen LogP contribution is -2.40. The Labute approximate surface area is 97.7 Å². The van der Waals surface area contributed by atoms with Crippen molar-refractivity contribution in [2.45, 2.75) is 51.6 Å². The van der Waals surface area contributed by atoms with E-state index < -0.39 is 0 Å². The minimum atomic E-state index is 0.164. The molecule has 88 valence electrons. The van der Waals surface area contributed by atoms with Crippen molar-refractivity contribution in [2.24, 2.45) is 0 Å². The molecule has 1 unspecified atom stereocenters. The van der Waals surface area contributed by atoms with E-state index in [-0.39, 0.29) is 5.54 Å². The molecule has 0 aromatic heterocycles. The summed E-state index contributed by atoms with van der Waals surface area (Å²) in [5.41, 5.74) is 2.58. The van der Waals surface area contributed by atoms with E-state index in [1.165, 1.54) is 5.56 Å². The van der Waals surface area contributed by atoms with Crippen LogP contribution in [0.15, 0.2) is 18.2 Å². The topological polar surface area (TPSA) is 32.3 Å². The van der Waals surface area contributed by atoms with Crippen LogP contribution in [-0.2, 0) is 6.42 Å². The number of hydrogen-bond acceptors (Lipinski definition) is 2. The zero-order chi connectivity index (χ0) is 11.8. The summed E-state index contributed by atoms with van der Waals surface area (Å²) >= 11 is 0. The number of aromatic hydroxyl groups is 1. The van der Waals surface area contributed by atoms with Crippen molar-refractivity contribution in [3.05, 3.63) is 29.3 Å². The van der Waals surface area contributed by atoms with Gasteiger partial charge >= 0.3 is 0 Å². The number of phenolic OH excluding ortho intramolecular Hbond substituents is 1. The smallest absolute Gasteiger partial charge is 0.119 e. The highest BCUT2D eigenvalue weighted by Crippen LogP contribution is 2.37. The summed E-state index contributed by atoms with van der Waals surface area (Å²) in [6.45, 7) is 6.66. The van der Waals surface area contributed by atoms with Crippen molar-refractivity contribution in [3.8, 4) is 5.75 Å². The largest absolute Gasteiger partial charge is 0.508 e. The van der Waals surface area contributed by atoms with E-state index in [0.29, 0.717) is 11.8 Å². The van der Waals surface area contributed by atoms with E-state index >= 15 is 0 Å². The van der Waals surface area contributed by atoms with Crippen LogP contribution >= 0.6 is 0 Å². The van der Waals surface area contributed by atoms with Crippen LogP contribution in [0.1, 0.15) is 50.8 Å². The molecule has 1 atom stereocenters. The van der Waals surface area contributed by atoms with Crippen molar-refractivity contribution in [2.75, 3.05) is 0 Å². The second kappa shape index (κ2) is 4.10. The maximum absolute atomic E-state index is 9.78. The first-order valence-corrected chi connectivity index (χ1v) is 6.12. The summed E-state index contributed by atoms with van der Waals surface area (Å²) in [5.74, 6) is 0.455. The van der Waals surface area contributed by atoms with Gasteiger partial charge < -0.3 is 10.4 Å². The predicted molar refractivity (Wildman–Crippen MR) is 66.7 cm³/mol. The van der Waals surface area contributed by atoms with E-state index in [0.717, 1.165) is 24.8 Å². The third kappa shape index (κ3) is 2.07. The molecule has 0 aliphatic heterocycles. The van der Waals surface area contributed by atoms with Gasteiger partial charge in [-0.15, -0.1) is 0 Å². The Morgan fingerprint density at radius 2 is 2.19 bits per heavy atom. The van der Waals surface area contributed by atoms with Gasteiger partial charge in [0.2, 0.25) is 0 Å². The van der Waals surface area contributed by atoms with E-state index in [4.69, 9.17) is 0 Å². The molecule has 1 aliphatic carbocycles. The number of rotatable bonds is 3. The van der Waals surface area contributed by atoms with Gasteiger partial charge in [0.1, 0.15) is 5.75 Å². The lowest BCUT2D eigenvalue weighted by atomic mass is 9.98. The zero-order valence-corrected chi connectivity index (χ0v) is 10.4. The fourth-order valence-electron chi connectivity index (χ4n) is 2.36. The summed E-state index contributed by atoms with van der Waals surface area (Å²) in [6, 6.07) is 6.25. The Hall–Kier alpha value is -1.02. The van der Waals surface area contributed by atoms with Crippen molar-refractivity contribution < 1.29 is 5.11 Å². The normalized spacial score (nSPS) is 19.8. The molecule has 2 rings (SSSR count). The number of phenols is 1. The molecule has 2 heteroatoms. The van der Waals surface area contributed by atoms with Crippen molar-refractivity contribution >= 4 is 0 Å². The van der Waals surface area contributed by atoms with Crippen LogP contribution in [0.5, 0.6) is 5.75 Å². The highest BCUT2D eigenvalue weighted by atomic mass is 16.3. The summed E-state index contributed by atoms with van der Waals surface area (Å²) < 4.78 is 0. The highest BCUT2D eigenvalue weighted by molar-refractivity contribution is 5.44. The molecule has 0 radical (unpaired) electrons. The van der Waals surface area contributed by atoms with E-state index in [9.17, 15) is 5.11 Å². The van der Waals surface area contributed by atoms with Gasteiger partial charge in [0.25, 0.3) is 0 Å². The van der Waals surface area contributed by atoms with Gasteiger partial charge in [-0.3, -0.25) is 0 Å². The van der Waals surface area contributed by atoms with Gasteiger partial charge in [0.05, 0.1) is 0 Å². The molecule has 2 N–H and O–H groups in total. The molecule has 0 amide bonds. The summed E-state index contributed by atoms with van der Waals surface area (Å²) in [6.07, 6.45) is 3.19. The standard InChI is InChI=1S/C14H21NO/c1-4-14(2,3)15-12-9-8-11-10(12)6-5-7-13(11)16/h5-7,12,15-16H,4,8-9H2,1-3H3. The van der Waals surface area contributed by atoms with Gasteiger partial charge in [-0.2, -0.15) is 0 Å². The molecule has 1 aromatic rings. The fourth-order valence-corrected chi connectivity index (χ4v) is 2.36. The van der Waals surface area contributed by atoms with Crippen LogP contribution < -0.4 is 5.32 Å².